The van der Waals surface area contributed by atoms with Crippen molar-refractivity contribution in [2.45, 2.75) is 82.7 Å². The van der Waals surface area contributed by atoms with Gasteiger partial charge in [0.25, 0.3) is 0 Å². The van der Waals surface area contributed by atoms with Crippen molar-refractivity contribution >= 4 is 0 Å². The molecular weight excluding hydrogens is 217 g/mol. The van der Waals surface area contributed by atoms with E-state index in [1.165, 1.54) is 0 Å². The summed E-state index contributed by atoms with van der Waals surface area (Å²) in [6.45, 7) is 8.18. The van der Waals surface area contributed by atoms with Crippen molar-refractivity contribution < 1.29 is 9.13 Å². The van der Waals surface area contributed by atoms with Gasteiger partial charge in [0.05, 0.1) is 11.2 Å². The van der Waals surface area contributed by atoms with Crippen LogP contribution in [0.25, 0.3) is 0 Å². The Kier molecular flexibility index (Phi) is 3.07. The molecule has 1 aliphatic carbocycles. The fourth-order valence-corrected chi connectivity index (χ4v) is 3.84. The molecule has 1 unspecified atom stereocenters. The summed E-state index contributed by atoms with van der Waals surface area (Å²) >= 11 is 0. The van der Waals surface area contributed by atoms with E-state index in [1.54, 1.807) is 0 Å². The molecule has 1 heterocycles. The molecular formula is C14H26FNO. The number of ether oxygens (including phenoxy) is 1. The van der Waals surface area contributed by atoms with Gasteiger partial charge in [0.1, 0.15) is 5.67 Å². The fraction of sp³-hybridized carbons (Fsp3) is 1.00. The standard InChI is InChI=1S/C14H26FNO/c1-12(2)9-11(13(3,4)17-12)14(15)7-5-10(16)6-8-14/h10-11H,5-9,16H2,1-4H3. The molecule has 1 atom stereocenters. The Morgan fingerprint density at radius 1 is 1.12 bits per heavy atom. The number of alkyl halides is 1. The van der Waals surface area contributed by atoms with Crippen LogP contribution < -0.4 is 5.73 Å². The second-order valence-corrected chi connectivity index (χ2v) is 7.09. The third kappa shape index (κ3) is 2.50. The molecule has 2 N–H and O–H groups in total. The summed E-state index contributed by atoms with van der Waals surface area (Å²) in [5.41, 5.74) is 4.24. The molecule has 2 rings (SSSR count). The van der Waals surface area contributed by atoms with E-state index in [0.717, 1.165) is 19.3 Å². The van der Waals surface area contributed by atoms with Gasteiger partial charge in [-0.15, -0.1) is 0 Å². The maximum absolute atomic E-state index is 15.2. The number of hydrogen-bond acceptors (Lipinski definition) is 2. The van der Waals surface area contributed by atoms with E-state index in [1.807, 2.05) is 13.8 Å². The van der Waals surface area contributed by atoms with Gasteiger partial charge in [0.15, 0.2) is 0 Å². The van der Waals surface area contributed by atoms with Crippen LogP contribution in [0.4, 0.5) is 4.39 Å². The zero-order valence-corrected chi connectivity index (χ0v) is 11.6. The molecule has 2 nitrogen and oxygen atoms in total. The Bertz CT molecular complexity index is 293. The smallest absolute Gasteiger partial charge is 0.116 e. The lowest BCUT2D eigenvalue weighted by Gasteiger charge is -2.41. The van der Waals surface area contributed by atoms with E-state index in [4.69, 9.17) is 10.5 Å². The van der Waals surface area contributed by atoms with E-state index in [9.17, 15) is 0 Å². The van der Waals surface area contributed by atoms with Crippen LogP contribution in [0, 0.1) is 5.92 Å². The summed E-state index contributed by atoms with van der Waals surface area (Å²) in [6, 6.07) is 0.192. The number of nitrogens with two attached hydrogens (primary N) is 1. The first-order valence-electron chi connectivity index (χ1n) is 6.79. The Hall–Kier alpha value is -0.150. The molecule has 0 aromatic carbocycles. The quantitative estimate of drug-likeness (QED) is 0.767. The molecule has 0 aromatic rings. The molecule has 0 aromatic heterocycles. The van der Waals surface area contributed by atoms with Crippen molar-refractivity contribution in [3.8, 4) is 0 Å². The minimum atomic E-state index is -1.08. The molecule has 1 aliphatic heterocycles. The first-order chi connectivity index (χ1) is 7.65. The van der Waals surface area contributed by atoms with Gasteiger partial charge in [-0.1, -0.05) is 0 Å². The monoisotopic (exact) mass is 243 g/mol. The van der Waals surface area contributed by atoms with Crippen LogP contribution >= 0.6 is 0 Å². The summed E-state index contributed by atoms with van der Waals surface area (Å²) in [7, 11) is 0. The predicted molar refractivity (Wildman–Crippen MR) is 67.6 cm³/mol. The molecule has 100 valence electrons. The van der Waals surface area contributed by atoms with Crippen LogP contribution in [0.1, 0.15) is 59.8 Å². The second kappa shape index (κ2) is 3.92. The Labute approximate surface area is 104 Å². The zero-order valence-electron chi connectivity index (χ0n) is 11.6. The highest BCUT2D eigenvalue weighted by molar-refractivity contribution is 5.05. The van der Waals surface area contributed by atoms with Gasteiger partial charge >= 0.3 is 0 Å². The Morgan fingerprint density at radius 3 is 2.06 bits per heavy atom. The van der Waals surface area contributed by atoms with Crippen LogP contribution in [0.3, 0.4) is 0 Å². The Morgan fingerprint density at radius 2 is 1.65 bits per heavy atom. The molecule has 0 bridgehead atoms. The maximum atomic E-state index is 15.2. The normalized spacial score (nSPS) is 44.8. The van der Waals surface area contributed by atoms with Gasteiger partial charge in [0, 0.05) is 12.0 Å². The van der Waals surface area contributed by atoms with Crippen LogP contribution in [-0.4, -0.2) is 22.9 Å². The maximum Gasteiger partial charge on any atom is 0.116 e. The topological polar surface area (TPSA) is 35.2 Å². The molecule has 1 saturated carbocycles. The minimum Gasteiger partial charge on any atom is -0.369 e. The van der Waals surface area contributed by atoms with Gasteiger partial charge < -0.3 is 10.5 Å². The minimum absolute atomic E-state index is 0.00231. The summed E-state index contributed by atoms with van der Waals surface area (Å²) in [4.78, 5) is 0. The molecule has 2 aliphatic rings. The van der Waals surface area contributed by atoms with Crippen molar-refractivity contribution in [2.24, 2.45) is 11.7 Å². The van der Waals surface area contributed by atoms with Crippen LogP contribution in [0.2, 0.25) is 0 Å². The van der Waals surface area contributed by atoms with Crippen molar-refractivity contribution in [1.29, 1.82) is 0 Å². The van der Waals surface area contributed by atoms with Gasteiger partial charge in [-0.2, -0.15) is 0 Å². The van der Waals surface area contributed by atoms with Gasteiger partial charge in [-0.3, -0.25) is 0 Å². The Balaban J connectivity index is 2.16. The van der Waals surface area contributed by atoms with Crippen LogP contribution in [0.5, 0.6) is 0 Å². The predicted octanol–water partition coefficient (Wildman–Crippen LogP) is 3.19. The highest BCUT2D eigenvalue weighted by atomic mass is 19.1. The first-order valence-corrected chi connectivity index (χ1v) is 6.79. The van der Waals surface area contributed by atoms with Crippen LogP contribution in [0.15, 0.2) is 0 Å². The van der Waals surface area contributed by atoms with Crippen molar-refractivity contribution in [1.82, 2.24) is 0 Å². The van der Waals surface area contributed by atoms with Crippen molar-refractivity contribution in [2.75, 3.05) is 0 Å². The SMILES string of the molecule is CC1(C)CC(C2(F)CCC(N)CC2)C(C)(C)O1. The summed E-state index contributed by atoms with van der Waals surface area (Å²) < 4.78 is 21.2. The number of rotatable bonds is 1. The third-order valence-corrected chi connectivity index (χ3v) is 4.56. The molecule has 0 spiro atoms. The fourth-order valence-electron chi connectivity index (χ4n) is 3.84. The summed E-state index contributed by atoms with van der Waals surface area (Å²) in [5, 5.41) is 0. The van der Waals surface area contributed by atoms with Crippen molar-refractivity contribution in [3.05, 3.63) is 0 Å². The summed E-state index contributed by atoms with van der Waals surface area (Å²) in [6.07, 6.45) is 3.63. The van der Waals surface area contributed by atoms with E-state index in [-0.39, 0.29) is 23.2 Å². The average Bonchev–Trinajstić information content (AvgIpc) is 2.40. The summed E-state index contributed by atoms with van der Waals surface area (Å²) in [5.74, 6) is -0.00231. The van der Waals surface area contributed by atoms with Crippen LogP contribution in [-0.2, 0) is 4.74 Å². The van der Waals surface area contributed by atoms with E-state index >= 15 is 4.39 Å². The zero-order chi connectivity index (χ0) is 12.9. The number of hydrogen-bond donors (Lipinski definition) is 1. The molecule has 2 fully saturated rings. The number of halogens is 1. The molecule has 1 saturated heterocycles. The molecule has 3 heteroatoms. The first kappa shape index (κ1) is 13.3. The van der Waals surface area contributed by atoms with Gasteiger partial charge in [-0.05, 0) is 59.8 Å². The van der Waals surface area contributed by atoms with Gasteiger partial charge in [0.2, 0.25) is 0 Å². The van der Waals surface area contributed by atoms with E-state index in [0.29, 0.717) is 12.8 Å². The third-order valence-electron chi connectivity index (χ3n) is 4.56. The largest absolute Gasteiger partial charge is 0.369 e. The van der Waals surface area contributed by atoms with E-state index < -0.39 is 5.67 Å². The molecule has 0 radical (unpaired) electrons. The lowest BCUT2D eigenvalue weighted by molar-refractivity contribution is -0.100. The van der Waals surface area contributed by atoms with E-state index in [2.05, 4.69) is 13.8 Å². The average molecular weight is 243 g/mol. The lowest BCUT2D eigenvalue weighted by Crippen LogP contribution is -2.47. The second-order valence-electron chi connectivity index (χ2n) is 7.09. The molecule has 0 amide bonds. The van der Waals surface area contributed by atoms with Gasteiger partial charge in [-0.25, -0.2) is 4.39 Å². The highest BCUT2D eigenvalue weighted by Gasteiger charge is 2.56. The highest BCUT2D eigenvalue weighted by Crippen LogP contribution is 2.52. The molecule has 17 heavy (non-hydrogen) atoms. The van der Waals surface area contributed by atoms with Crippen molar-refractivity contribution in [3.63, 3.8) is 0 Å². The lowest BCUT2D eigenvalue weighted by atomic mass is 9.68.